The van der Waals surface area contributed by atoms with Crippen LogP contribution in [0, 0.1) is 0 Å². The molecule has 0 unspecified atom stereocenters. The quantitative estimate of drug-likeness (QED) is 0.610. The summed E-state index contributed by atoms with van der Waals surface area (Å²) < 4.78 is 0. The molecule has 1 heteroatoms. The zero-order chi connectivity index (χ0) is 16.4. The van der Waals surface area contributed by atoms with Crippen molar-refractivity contribution in [2.24, 2.45) is 0 Å². The van der Waals surface area contributed by atoms with Crippen LogP contribution in [-0.2, 0) is 10.1 Å². The van der Waals surface area contributed by atoms with Gasteiger partial charge < -0.3 is 0 Å². The molecule has 0 radical (unpaired) electrons. The van der Waals surface area contributed by atoms with Crippen LogP contribution in [0.5, 0.6) is 0 Å². The molecule has 0 fully saturated rings. The first kappa shape index (κ1) is 16.8. The molecule has 0 aromatic heterocycles. The van der Waals surface area contributed by atoms with Gasteiger partial charge in [0.2, 0.25) is 0 Å². The van der Waals surface area contributed by atoms with E-state index >= 15 is 0 Å². The summed E-state index contributed by atoms with van der Waals surface area (Å²) in [5, 5.41) is 0.213. The van der Waals surface area contributed by atoms with Gasteiger partial charge in [-0.05, 0) is 21.2 Å². The Morgan fingerprint density at radius 1 is 0.727 bits per heavy atom. The average Bonchev–Trinajstić information content (AvgIpc) is 2.55. The van der Waals surface area contributed by atoms with Crippen LogP contribution in [0.3, 0.4) is 0 Å². The van der Waals surface area contributed by atoms with Crippen LogP contribution in [0.2, 0.25) is 6.55 Å². The van der Waals surface area contributed by atoms with Crippen molar-refractivity contribution in [3.8, 4) is 0 Å². The second kappa shape index (κ2) is 5.89. The predicted octanol–water partition coefficient (Wildman–Crippen LogP) is 5.82. The normalized spacial score (nSPS) is 13.0. The summed E-state index contributed by atoms with van der Waals surface area (Å²) >= 11 is 0. The van der Waals surface area contributed by atoms with E-state index in [9.17, 15) is 0 Å². The lowest BCUT2D eigenvalue weighted by molar-refractivity contribution is 0.621. The van der Waals surface area contributed by atoms with Crippen molar-refractivity contribution in [3.63, 3.8) is 0 Å². The van der Waals surface area contributed by atoms with Crippen molar-refractivity contribution >= 4 is 8.07 Å². The van der Waals surface area contributed by atoms with Gasteiger partial charge in [-0.1, -0.05) is 94.9 Å². The van der Waals surface area contributed by atoms with Crippen molar-refractivity contribution in [3.05, 3.63) is 84.1 Å². The molecule has 2 rings (SSSR count). The maximum Gasteiger partial charge on any atom is 0.0939 e. The Labute approximate surface area is 136 Å². The van der Waals surface area contributed by atoms with Gasteiger partial charge in [-0.15, -0.1) is 12.3 Å². The zero-order valence-electron chi connectivity index (χ0n) is 14.6. The molecule has 0 saturated carbocycles. The largest absolute Gasteiger partial charge is 0.107 e. The van der Waals surface area contributed by atoms with E-state index < -0.39 is 8.07 Å². The molecule has 0 heterocycles. The van der Waals surface area contributed by atoms with E-state index in [1.54, 1.807) is 0 Å². The summed E-state index contributed by atoms with van der Waals surface area (Å²) in [6.07, 6.45) is 0. The Balaban J connectivity index is 2.59. The molecule has 0 saturated heterocycles. The van der Waals surface area contributed by atoms with Crippen molar-refractivity contribution in [1.82, 2.24) is 0 Å². The molecule has 0 amide bonds. The third-order valence-corrected chi connectivity index (χ3v) is 12.6. The molecule has 0 aliphatic heterocycles. The van der Waals surface area contributed by atoms with Crippen LogP contribution in [0.1, 0.15) is 38.8 Å². The Morgan fingerprint density at radius 2 is 1.05 bits per heavy atom. The van der Waals surface area contributed by atoms with Gasteiger partial charge in [0.25, 0.3) is 0 Å². The lowest BCUT2D eigenvalue weighted by Crippen LogP contribution is -2.61. The van der Waals surface area contributed by atoms with E-state index in [4.69, 9.17) is 0 Å². The molecule has 0 nitrogen and oxygen atoms in total. The summed E-state index contributed by atoms with van der Waals surface area (Å²) in [7, 11) is -1.90. The van der Waals surface area contributed by atoms with Crippen LogP contribution >= 0.6 is 0 Å². The summed E-state index contributed by atoms with van der Waals surface area (Å²) in [4.78, 5) is 0. The van der Waals surface area contributed by atoms with Gasteiger partial charge in [-0.3, -0.25) is 0 Å². The highest BCUT2D eigenvalue weighted by Crippen LogP contribution is 2.46. The fraction of sp³-hybridized carbons (Fsp3) is 0.333. The van der Waals surface area contributed by atoms with Crippen LogP contribution in [0.4, 0.5) is 0 Å². The summed E-state index contributed by atoms with van der Waals surface area (Å²) in [5.41, 5.74) is 5.11. The molecule has 2 aromatic rings. The lowest BCUT2D eigenvalue weighted by Gasteiger charge is -2.51. The highest BCUT2D eigenvalue weighted by atomic mass is 28.3. The van der Waals surface area contributed by atoms with E-state index in [0.717, 1.165) is 0 Å². The smallest absolute Gasteiger partial charge is 0.0939 e. The highest BCUT2D eigenvalue weighted by Gasteiger charge is 2.52. The fourth-order valence-electron chi connectivity index (χ4n) is 3.60. The molecular weight excluding hydrogens is 280 g/mol. The zero-order valence-corrected chi connectivity index (χ0v) is 15.6. The molecule has 22 heavy (non-hydrogen) atoms. The first-order valence-electron chi connectivity index (χ1n) is 8.02. The van der Waals surface area contributed by atoms with Crippen molar-refractivity contribution in [1.29, 1.82) is 0 Å². The average molecular weight is 309 g/mol. The number of rotatable bonds is 5. The van der Waals surface area contributed by atoms with E-state index in [-0.39, 0.29) is 10.1 Å². The van der Waals surface area contributed by atoms with E-state index in [1.807, 2.05) is 0 Å². The summed E-state index contributed by atoms with van der Waals surface area (Å²) in [6.45, 7) is 16.3. The molecule has 0 atom stereocenters. The number of hydrogen-bond donors (Lipinski definition) is 0. The van der Waals surface area contributed by atoms with Crippen LogP contribution in [0.15, 0.2) is 72.9 Å². The Bertz CT molecular complexity index is 572. The lowest BCUT2D eigenvalue weighted by atomic mass is 10.0. The second-order valence-corrected chi connectivity index (χ2v) is 12.7. The minimum Gasteiger partial charge on any atom is -0.107 e. The molecule has 2 aromatic carbocycles. The highest BCUT2D eigenvalue weighted by molar-refractivity contribution is 6.88. The van der Waals surface area contributed by atoms with Gasteiger partial charge in [0.1, 0.15) is 0 Å². The molecule has 0 aliphatic carbocycles. The van der Waals surface area contributed by atoms with Crippen molar-refractivity contribution in [2.75, 3.05) is 0 Å². The fourth-order valence-corrected chi connectivity index (χ4v) is 7.72. The molecule has 0 N–H and O–H groups in total. The third-order valence-electron chi connectivity index (χ3n) is 6.00. The first-order valence-corrected chi connectivity index (χ1v) is 10.6. The van der Waals surface area contributed by atoms with Gasteiger partial charge in [0.15, 0.2) is 0 Å². The minimum absolute atomic E-state index is 0.106. The molecule has 0 aliphatic rings. The maximum absolute atomic E-state index is 4.28. The topological polar surface area (TPSA) is 0 Å². The minimum atomic E-state index is -1.90. The van der Waals surface area contributed by atoms with Crippen LogP contribution in [0.25, 0.3) is 0 Å². The second-order valence-electron chi connectivity index (χ2n) is 7.39. The van der Waals surface area contributed by atoms with Crippen LogP contribution in [-0.4, -0.2) is 8.07 Å². The molecule has 116 valence electrons. The predicted molar refractivity (Wildman–Crippen MR) is 101 cm³/mol. The summed E-state index contributed by atoms with van der Waals surface area (Å²) in [5.74, 6) is 0. The van der Waals surface area contributed by atoms with Gasteiger partial charge >= 0.3 is 0 Å². The van der Waals surface area contributed by atoms with Crippen molar-refractivity contribution in [2.45, 2.75) is 44.3 Å². The monoisotopic (exact) mass is 308 g/mol. The number of hydrogen-bond acceptors (Lipinski definition) is 0. The third kappa shape index (κ3) is 2.48. The first-order chi connectivity index (χ1) is 10.3. The van der Waals surface area contributed by atoms with Crippen LogP contribution < -0.4 is 0 Å². The number of benzene rings is 2. The maximum atomic E-state index is 4.28. The van der Waals surface area contributed by atoms with Crippen molar-refractivity contribution < 1.29 is 0 Å². The Hall–Kier alpha value is -1.60. The van der Waals surface area contributed by atoms with Gasteiger partial charge in [0.05, 0.1) is 8.07 Å². The summed E-state index contributed by atoms with van der Waals surface area (Å²) in [6, 6.07) is 21.8. The van der Waals surface area contributed by atoms with Gasteiger partial charge in [0, 0.05) is 0 Å². The van der Waals surface area contributed by atoms with E-state index in [2.05, 4.69) is 107 Å². The van der Waals surface area contributed by atoms with E-state index in [1.165, 1.54) is 11.1 Å². The molecular formula is C21H28Si. The Kier molecular flexibility index (Phi) is 4.48. The van der Waals surface area contributed by atoms with Gasteiger partial charge in [-0.2, -0.15) is 0 Å². The van der Waals surface area contributed by atoms with Gasteiger partial charge in [-0.25, -0.2) is 0 Å². The molecule has 0 bridgehead atoms. The molecule has 0 spiro atoms. The standard InChI is InChI=1S/C21H28Si/c1-7-22(6,20(2,3)18-14-10-8-11-15-18)21(4,5)19-16-12-9-13-17-19/h7-17H,1H2,2-6H3. The Morgan fingerprint density at radius 3 is 1.32 bits per heavy atom. The SMILES string of the molecule is C=C[Si](C)(C(C)(C)c1ccccc1)C(C)(C)c1ccccc1. The van der Waals surface area contributed by atoms with E-state index in [0.29, 0.717) is 0 Å².